The summed E-state index contributed by atoms with van der Waals surface area (Å²) in [6.45, 7) is 8.36. The first-order chi connectivity index (χ1) is 15.3. The van der Waals surface area contributed by atoms with Crippen molar-refractivity contribution >= 4 is 17.8 Å². The number of urea groups is 1. The van der Waals surface area contributed by atoms with E-state index in [1.807, 2.05) is 30.9 Å². The fourth-order valence-corrected chi connectivity index (χ4v) is 4.76. The fourth-order valence-electron chi connectivity index (χ4n) is 4.76. The summed E-state index contributed by atoms with van der Waals surface area (Å²) in [6, 6.07) is 7.49. The Kier molecular flexibility index (Phi) is 6.69. The quantitative estimate of drug-likeness (QED) is 0.622. The van der Waals surface area contributed by atoms with Crippen molar-refractivity contribution in [1.29, 1.82) is 0 Å². The van der Waals surface area contributed by atoms with Gasteiger partial charge in [-0.05, 0) is 51.2 Å². The number of carbonyl (C=O) groups excluding carboxylic acids is 3. The molecule has 32 heavy (non-hydrogen) atoms. The predicted molar refractivity (Wildman–Crippen MR) is 122 cm³/mol. The summed E-state index contributed by atoms with van der Waals surface area (Å²) in [4.78, 5) is 42.3. The van der Waals surface area contributed by atoms with Crippen LogP contribution >= 0.6 is 0 Å². The predicted octanol–water partition coefficient (Wildman–Crippen LogP) is 1.38. The average molecular weight is 442 g/mol. The molecule has 0 unspecified atom stereocenters. The smallest absolute Gasteiger partial charge is 0.315 e. The number of nitrogens with one attached hydrogen (secondary N) is 3. The molecule has 1 saturated carbocycles. The second-order valence-electron chi connectivity index (χ2n) is 9.81. The third-order valence-corrected chi connectivity index (χ3v) is 6.58. The molecule has 2 heterocycles. The first-order valence-electron chi connectivity index (χ1n) is 11.7. The van der Waals surface area contributed by atoms with Gasteiger partial charge in [-0.15, -0.1) is 0 Å². The normalized spacial score (nSPS) is 25.9. The Morgan fingerprint density at radius 1 is 1.09 bits per heavy atom. The van der Waals surface area contributed by atoms with Gasteiger partial charge in [-0.2, -0.15) is 0 Å². The molecular formula is C24H35N5O3. The fraction of sp³-hybridized carbons (Fsp3) is 0.625. The summed E-state index contributed by atoms with van der Waals surface area (Å²) < 4.78 is 0. The van der Waals surface area contributed by atoms with Crippen LogP contribution in [-0.4, -0.2) is 71.4 Å². The van der Waals surface area contributed by atoms with Gasteiger partial charge < -0.3 is 20.9 Å². The van der Waals surface area contributed by atoms with Crippen LogP contribution in [0.4, 0.5) is 4.79 Å². The highest BCUT2D eigenvalue weighted by molar-refractivity contribution is 5.90. The first-order valence-corrected chi connectivity index (χ1v) is 11.7. The zero-order valence-electron chi connectivity index (χ0n) is 19.3. The van der Waals surface area contributed by atoms with E-state index in [4.69, 9.17) is 0 Å². The van der Waals surface area contributed by atoms with Crippen LogP contribution in [0.5, 0.6) is 0 Å². The SMILES string of the molecule is Cc1ccccc1CN1C[C@@H]2C[C@H](NC(=O)NC(C)C)CN2C(=O)[C@@H](NC(=O)C2CC2)C1. The maximum absolute atomic E-state index is 13.4. The van der Waals surface area contributed by atoms with Crippen LogP contribution in [0.25, 0.3) is 0 Å². The third-order valence-electron chi connectivity index (χ3n) is 6.58. The number of amides is 4. The summed E-state index contributed by atoms with van der Waals surface area (Å²) >= 11 is 0. The zero-order valence-corrected chi connectivity index (χ0v) is 19.3. The van der Waals surface area contributed by atoms with Crippen LogP contribution in [0.2, 0.25) is 0 Å². The molecule has 1 aliphatic carbocycles. The van der Waals surface area contributed by atoms with Crippen molar-refractivity contribution in [3.63, 3.8) is 0 Å². The molecule has 8 heteroatoms. The molecule has 2 saturated heterocycles. The van der Waals surface area contributed by atoms with Gasteiger partial charge in [-0.3, -0.25) is 14.5 Å². The maximum atomic E-state index is 13.4. The third kappa shape index (κ3) is 5.41. The van der Waals surface area contributed by atoms with E-state index in [1.54, 1.807) is 0 Å². The van der Waals surface area contributed by atoms with Gasteiger partial charge in [0.2, 0.25) is 11.8 Å². The van der Waals surface area contributed by atoms with Crippen molar-refractivity contribution in [3.8, 4) is 0 Å². The molecule has 0 radical (unpaired) electrons. The van der Waals surface area contributed by atoms with Crippen LogP contribution in [0, 0.1) is 12.8 Å². The lowest BCUT2D eigenvalue weighted by molar-refractivity contribution is -0.136. The highest BCUT2D eigenvalue weighted by Crippen LogP contribution is 2.30. The second kappa shape index (κ2) is 9.48. The average Bonchev–Trinajstić information content (AvgIpc) is 3.51. The summed E-state index contributed by atoms with van der Waals surface area (Å²) in [5.41, 5.74) is 2.44. The summed E-state index contributed by atoms with van der Waals surface area (Å²) in [5, 5.41) is 8.89. The number of fused-ring (bicyclic) bond motifs is 1. The lowest BCUT2D eigenvalue weighted by Crippen LogP contribution is -2.52. The number of carbonyl (C=O) groups is 3. The molecule has 3 fully saturated rings. The van der Waals surface area contributed by atoms with Crippen molar-refractivity contribution in [2.75, 3.05) is 19.6 Å². The van der Waals surface area contributed by atoms with Crippen LogP contribution < -0.4 is 16.0 Å². The van der Waals surface area contributed by atoms with Crippen molar-refractivity contribution in [3.05, 3.63) is 35.4 Å². The Morgan fingerprint density at radius 3 is 2.53 bits per heavy atom. The zero-order chi connectivity index (χ0) is 22.8. The summed E-state index contributed by atoms with van der Waals surface area (Å²) in [6.07, 6.45) is 2.52. The second-order valence-corrected chi connectivity index (χ2v) is 9.81. The van der Waals surface area contributed by atoms with E-state index in [0.717, 1.165) is 25.9 Å². The van der Waals surface area contributed by atoms with E-state index >= 15 is 0 Å². The largest absolute Gasteiger partial charge is 0.343 e. The van der Waals surface area contributed by atoms with Gasteiger partial charge in [-0.1, -0.05) is 24.3 Å². The molecule has 4 rings (SSSR count). The maximum Gasteiger partial charge on any atom is 0.315 e. The highest BCUT2D eigenvalue weighted by Gasteiger charge is 2.44. The Morgan fingerprint density at radius 2 is 1.84 bits per heavy atom. The minimum absolute atomic E-state index is 0.0113. The molecule has 0 aromatic heterocycles. The molecule has 3 aliphatic rings. The molecule has 0 bridgehead atoms. The van der Waals surface area contributed by atoms with Gasteiger partial charge in [0.25, 0.3) is 0 Å². The molecule has 3 N–H and O–H groups in total. The van der Waals surface area contributed by atoms with Crippen LogP contribution in [0.3, 0.4) is 0 Å². The molecule has 1 aromatic rings. The van der Waals surface area contributed by atoms with E-state index < -0.39 is 6.04 Å². The van der Waals surface area contributed by atoms with Crippen LogP contribution in [-0.2, 0) is 16.1 Å². The molecule has 2 aliphatic heterocycles. The minimum Gasteiger partial charge on any atom is -0.343 e. The van der Waals surface area contributed by atoms with Crippen molar-refractivity contribution < 1.29 is 14.4 Å². The molecular weight excluding hydrogens is 406 g/mol. The molecule has 0 spiro atoms. The van der Waals surface area contributed by atoms with Crippen LogP contribution in [0.15, 0.2) is 24.3 Å². The highest BCUT2D eigenvalue weighted by atomic mass is 16.2. The lowest BCUT2D eigenvalue weighted by atomic mass is 10.1. The number of nitrogens with zero attached hydrogens (tertiary/aromatic N) is 2. The van der Waals surface area contributed by atoms with Crippen molar-refractivity contribution in [2.45, 2.75) is 70.7 Å². The van der Waals surface area contributed by atoms with Gasteiger partial charge in [0.1, 0.15) is 6.04 Å². The van der Waals surface area contributed by atoms with Gasteiger partial charge in [0.15, 0.2) is 0 Å². The van der Waals surface area contributed by atoms with E-state index in [9.17, 15) is 14.4 Å². The standard InChI is InChI=1S/C24H35N5O3/c1-15(2)25-24(32)26-19-10-20-13-28(11-18-7-5-4-6-16(18)3)14-21(23(31)29(20)12-19)27-22(30)17-8-9-17/h4-7,15,17,19-21H,8-14H2,1-3H3,(H,27,30)(H2,25,26,32)/t19-,20-,21-/m0/s1. The van der Waals surface area contributed by atoms with E-state index in [0.29, 0.717) is 19.5 Å². The number of benzene rings is 1. The molecule has 1 aromatic carbocycles. The Balaban J connectivity index is 1.49. The van der Waals surface area contributed by atoms with E-state index in [1.165, 1.54) is 11.1 Å². The number of aryl methyl sites for hydroxylation is 1. The number of hydrogen-bond donors (Lipinski definition) is 3. The molecule has 8 nitrogen and oxygen atoms in total. The topological polar surface area (TPSA) is 93.8 Å². The minimum atomic E-state index is -0.555. The van der Waals surface area contributed by atoms with Gasteiger partial charge >= 0.3 is 6.03 Å². The van der Waals surface area contributed by atoms with Gasteiger partial charge in [0, 0.05) is 44.2 Å². The monoisotopic (exact) mass is 441 g/mol. The summed E-state index contributed by atoms with van der Waals surface area (Å²) in [7, 11) is 0. The van der Waals surface area contributed by atoms with E-state index in [-0.39, 0.29) is 41.9 Å². The molecule has 174 valence electrons. The number of rotatable bonds is 6. The Labute approximate surface area is 190 Å². The Bertz CT molecular complexity index is 869. The van der Waals surface area contributed by atoms with Crippen molar-refractivity contribution in [1.82, 2.24) is 25.8 Å². The summed E-state index contributed by atoms with van der Waals surface area (Å²) in [5.74, 6) is 0.00654. The first kappa shape index (κ1) is 22.6. The molecule has 3 atom stereocenters. The van der Waals surface area contributed by atoms with Gasteiger partial charge in [-0.25, -0.2) is 4.79 Å². The molecule has 4 amide bonds. The van der Waals surface area contributed by atoms with Gasteiger partial charge in [0.05, 0.1) is 6.04 Å². The van der Waals surface area contributed by atoms with Crippen molar-refractivity contribution in [2.24, 2.45) is 5.92 Å². The number of hydrogen-bond acceptors (Lipinski definition) is 4. The lowest BCUT2D eigenvalue weighted by Gasteiger charge is -2.26. The van der Waals surface area contributed by atoms with Crippen LogP contribution in [0.1, 0.15) is 44.2 Å². The Hall–Kier alpha value is -2.61. The van der Waals surface area contributed by atoms with E-state index in [2.05, 4.69) is 39.9 Å².